The quantitative estimate of drug-likeness (QED) is 0.506. The maximum Gasteiger partial charge on any atom is 0.338 e. The lowest BCUT2D eigenvalue weighted by molar-refractivity contribution is -0.139. The molecule has 0 bridgehead atoms. The molecule has 0 radical (unpaired) electrons. The van der Waals surface area contributed by atoms with E-state index in [0.29, 0.717) is 24.4 Å². The third kappa shape index (κ3) is 5.84. The van der Waals surface area contributed by atoms with Crippen LogP contribution in [0.3, 0.4) is 0 Å². The molecule has 1 fully saturated rings. The van der Waals surface area contributed by atoms with Crippen molar-refractivity contribution in [2.45, 2.75) is 39.2 Å². The molecule has 2 amide bonds. The van der Waals surface area contributed by atoms with Crippen molar-refractivity contribution in [1.29, 1.82) is 0 Å². The third-order valence-corrected chi connectivity index (χ3v) is 6.32. The van der Waals surface area contributed by atoms with Crippen LogP contribution in [0.25, 0.3) is 0 Å². The molecule has 180 valence electrons. The van der Waals surface area contributed by atoms with Gasteiger partial charge in [-0.3, -0.25) is 9.80 Å². The molecular formula is C26H38N4O3. The molecule has 2 heterocycles. The van der Waals surface area contributed by atoms with Gasteiger partial charge >= 0.3 is 12.0 Å². The number of carbonyl (C=O) groups is 2. The Labute approximate surface area is 198 Å². The molecule has 1 aromatic carbocycles. The van der Waals surface area contributed by atoms with Crippen molar-refractivity contribution in [3.05, 3.63) is 59.3 Å². The van der Waals surface area contributed by atoms with Crippen molar-refractivity contribution in [3.8, 4) is 0 Å². The number of benzene rings is 1. The van der Waals surface area contributed by atoms with E-state index in [1.807, 2.05) is 12.1 Å². The predicted octanol–water partition coefficient (Wildman–Crippen LogP) is 3.30. The van der Waals surface area contributed by atoms with Crippen molar-refractivity contribution >= 4 is 12.0 Å². The van der Waals surface area contributed by atoms with Gasteiger partial charge in [0.15, 0.2) is 0 Å². The Hall–Kier alpha value is -2.64. The summed E-state index contributed by atoms with van der Waals surface area (Å²) in [5, 5.41) is 3.04. The molecule has 0 unspecified atom stereocenters. The van der Waals surface area contributed by atoms with Gasteiger partial charge in [0, 0.05) is 45.0 Å². The fourth-order valence-corrected chi connectivity index (χ4v) is 4.29. The van der Waals surface area contributed by atoms with E-state index in [1.54, 1.807) is 17.9 Å². The number of rotatable bonds is 7. The Balaban J connectivity index is 2.06. The lowest BCUT2D eigenvalue weighted by Crippen LogP contribution is -2.52. The van der Waals surface area contributed by atoms with Gasteiger partial charge in [0.1, 0.15) is 0 Å². The molecule has 33 heavy (non-hydrogen) atoms. The summed E-state index contributed by atoms with van der Waals surface area (Å²) >= 11 is 0. The molecule has 1 atom stereocenters. The van der Waals surface area contributed by atoms with Gasteiger partial charge in [-0.05, 0) is 30.5 Å². The average Bonchev–Trinajstić information content (AvgIpc) is 2.77. The molecule has 1 saturated heterocycles. The largest absolute Gasteiger partial charge is 0.463 e. The highest BCUT2D eigenvalue weighted by molar-refractivity contribution is 5.95. The molecule has 2 aliphatic heterocycles. The van der Waals surface area contributed by atoms with E-state index in [2.05, 4.69) is 61.6 Å². The second kappa shape index (κ2) is 10.5. The van der Waals surface area contributed by atoms with Crippen LogP contribution < -0.4 is 5.32 Å². The van der Waals surface area contributed by atoms with E-state index < -0.39 is 6.04 Å². The maximum atomic E-state index is 13.3. The highest BCUT2D eigenvalue weighted by Crippen LogP contribution is 2.33. The molecule has 7 nitrogen and oxygen atoms in total. The molecular weight excluding hydrogens is 416 g/mol. The van der Waals surface area contributed by atoms with Crippen LogP contribution in [0, 0.1) is 0 Å². The minimum absolute atomic E-state index is 0.0154. The smallest absolute Gasteiger partial charge is 0.338 e. The topological polar surface area (TPSA) is 65.1 Å². The number of piperazine rings is 1. The van der Waals surface area contributed by atoms with Crippen LogP contribution in [-0.2, 0) is 14.9 Å². The van der Waals surface area contributed by atoms with Crippen LogP contribution in [0.15, 0.2) is 48.2 Å². The summed E-state index contributed by atoms with van der Waals surface area (Å²) in [7, 11) is 2.11. The van der Waals surface area contributed by atoms with Gasteiger partial charge in [0.2, 0.25) is 0 Å². The third-order valence-electron chi connectivity index (χ3n) is 6.32. The molecule has 1 aromatic rings. The molecule has 0 saturated carbocycles. The lowest BCUT2D eigenvalue weighted by Gasteiger charge is -2.40. The standard InChI is InChI=1S/C26H38N4O3/c1-7-13-30-21(18-29-16-14-28(6)15-17-29)22(24(31)33-8-2)23(27-25(30)32)19-9-11-20(12-10-19)26(3,4)5/h7,9-12,23H,1,8,13-18H2,2-6H3,(H,27,32)/t23-/m0/s1. The summed E-state index contributed by atoms with van der Waals surface area (Å²) in [4.78, 5) is 32.6. The molecule has 2 aliphatic rings. The summed E-state index contributed by atoms with van der Waals surface area (Å²) in [5.41, 5.74) is 3.28. The van der Waals surface area contributed by atoms with E-state index in [4.69, 9.17) is 4.74 Å². The molecule has 1 N–H and O–H groups in total. The summed E-state index contributed by atoms with van der Waals surface area (Å²) in [6, 6.07) is 7.36. The second-order valence-electron chi connectivity index (χ2n) is 9.81. The van der Waals surface area contributed by atoms with Crippen molar-refractivity contribution < 1.29 is 14.3 Å². The number of nitrogens with one attached hydrogen (secondary N) is 1. The number of likely N-dealkylation sites (N-methyl/N-ethyl adjacent to an activating group) is 1. The molecule has 7 heteroatoms. The van der Waals surface area contributed by atoms with E-state index >= 15 is 0 Å². The number of hydrogen-bond acceptors (Lipinski definition) is 5. The fourth-order valence-electron chi connectivity index (χ4n) is 4.29. The Morgan fingerprint density at radius 3 is 2.36 bits per heavy atom. The van der Waals surface area contributed by atoms with Gasteiger partial charge in [-0.2, -0.15) is 0 Å². The number of urea groups is 1. The molecule has 3 rings (SSSR count). The zero-order valence-corrected chi connectivity index (χ0v) is 20.7. The van der Waals surface area contributed by atoms with Crippen LogP contribution in [-0.4, -0.2) is 79.6 Å². The lowest BCUT2D eigenvalue weighted by atomic mass is 9.85. The van der Waals surface area contributed by atoms with Gasteiger partial charge in [0.25, 0.3) is 0 Å². The zero-order chi connectivity index (χ0) is 24.2. The minimum Gasteiger partial charge on any atom is -0.463 e. The first-order valence-corrected chi connectivity index (χ1v) is 11.8. The van der Waals surface area contributed by atoms with Crippen molar-refractivity contribution in [1.82, 2.24) is 20.0 Å². The first-order valence-electron chi connectivity index (χ1n) is 11.8. The average molecular weight is 455 g/mol. The van der Waals surface area contributed by atoms with Crippen LogP contribution in [0.2, 0.25) is 0 Å². The van der Waals surface area contributed by atoms with E-state index in [1.165, 1.54) is 5.56 Å². The molecule has 0 aliphatic carbocycles. The van der Waals surface area contributed by atoms with Crippen molar-refractivity contribution in [3.63, 3.8) is 0 Å². The number of carbonyl (C=O) groups excluding carboxylic acids is 2. The van der Waals surface area contributed by atoms with E-state index in [9.17, 15) is 9.59 Å². The summed E-state index contributed by atoms with van der Waals surface area (Å²) < 4.78 is 5.48. The number of esters is 1. The summed E-state index contributed by atoms with van der Waals surface area (Å²) in [6.45, 7) is 16.9. The van der Waals surface area contributed by atoms with E-state index in [-0.39, 0.29) is 24.0 Å². The predicted molar refractivity (Wildman–Crippen MR) is 131 cm³/mol. The van der Waals surface area contributed by atoms with E-state index in [0.717, 1.165) is 31.7 Å². The number of hydrogen-bond donors (Lipinski definition) is 1. The Morgan fingerprint density at radius 2 is 1.82 bits per heavy atom. The van der Waals surface area contributed by atoms with Gasteiger partial charge in [-0.25, -0.2) is 9.59 Å². The Bertz CT molecular complexity index is 893. The van der Waals surface area contributed by atoms with Crippen LogP contribution >= 0.6 is 0 Å². The van der Waals surface area contributed by atoms with Crippen LogP contribution in [0.1, 0.15) is 44.9 Å². The highest BCUT2D eigenvalue weighted by Gasteiger charge is 2.38. The Morgan fingerprint density at radius 1 is 1.18 bits per heavy atom. The molecule has 0 spiro atoms. The number of nitrogens with zero attached hydrogens (tertiary/aromatic N) is 3. The van der Waals surface area contributed by atoms with Crippen LogP contribution in [0.5, 0.6) is 0 Å². The van der Waals surface area contributed by atoms with Gasteiger partial charge in [-0.15, -0.1) is 6.58 Å². The first kappa shape index (κ1) is 25.0. The maximum absolute atomic E-state index is 13.3. The number of ether oxygens (including phenoxy) is 1. The van der Waals surface area contributed by atoms with Crippen LogP contribution in [0.4, 0.5) is 4.79 Å². The van der Waals surface area contributed by atoms with Crippen molar-refractivity contribution in [2.75, 3.05) is 52.9 Å². The second-order valence-corrected chi connectivity index (χ2v) is 9.81. The Kier molecular flexibility index (Phi) is 7.97. The van der Waals surface area contributed by atoms with Gasteiger partial charge in [-0.1, -0.05) is 51.1 Å². The highest BCUT2D eigenvalue weighted by atomic mass is 16.5. The first-order chi connectivity index (χ1) is 15.7. The van der Waals surface area contributed by atoms with Gasteiger partial charge < -0.3 is 15.0 Å². The van der Waals surface area contributed by atoms with Crippen molar-refractivity contribution in [2.24, 2.45) is 0 Å². The normalized spacial score (nSPS) is 20.6. The summed E-state index contributed by atoms with van der Waals surface area (Å²) in [5.74, 6) is -0.388. The monoisotopic (exact) mass is 454 g/mol. The molecule has 0 aromatic heterocycles. The number of amides is 2. The summed E-state index contributed by atoms with van der Waals surface area (Å²) in [6.07, 6.45) is 1.69. The SMILES string of the molecule is C=CCN1C(=O)N[C@@H](c2ccc(C(C)(C)C)cc2)C(C(=O)OCC)=C1CN1CCN(C)CC1. The fraction of sp³-hybridized carbons (Fsp3) is 0.538. The van der Waals surface area contributed by atoms with Gasteiger partial charge in [0.05, 0.1) is 18.2 Å². The zero-order valence-electron chi connectivity index (χ0n) is 20.7. The minimum atomic E-state index is -0.561.